The van der Waals surface area contributed by atoms with Crippen molar-refractivity contribution in [3.8, 4) is 28.7 Å². The third-order valence-electron chi connectivity index (χ3n) is 5.48. The molecule has 1 aliphatic heterocycles. The fourth-order valence-electron chi connectivity index (χ4n) is 3.78. The number of allylic oxidation sites excluding steroid dienone is 1. The van der Waals surface area contributed by atoms with Crippen molar-refractivity contribution in [3.63, 3.8) is 0 Å². The summed E-state index contributed by atoms with van der Waals surface area (Å²) in [4.78, 5) is 23.4. The van der Waals surface area contributed by atoms with E-state index >= 15 is 0 Å². The van der Waals surface area contributed by atoms with Crippen molar-refractivity contribution in [1.29, 1.82) is 0 Å². The average Bonchev–Trinajstić information content (AvgIpc) is 3.17. The topological polar surface area (TPSA) is 106 Å². The summed E-state index contributed by atoms with van der Waals surface area (Å²) < 4.78 is 27.8. The zero-order valence-electron chi connectivity index (χ0n) is 19.6. The Balaban J connectivity index is 1.57. The Morgan fingerprint density at radius 3 is 2.20 bits per heavy atom. The number of nitro groups is 1. The van der Waals surface area contributed by atoms with E-state index in [0.717, 1.165) is 5.56 Å². The molecule has 0 aromatic heterocycles. The van der Waals surface area contributed by atoms with Gasteiger partial charge in [0.25, 0.3) is 5.69 Å². The van der Waals surface area contributed by atoms with Gasteiger partial charge in [0.2, 0.25) is 11.5 Å². The molecule has 3 aromatic rings. The summed E-state index contributed by atoms with van der Waals surface area (Å²) in [6.07, 6.45) is 1.61. The van der Waals surface area contributed by atoms with Gasteiger partial charge in [0.05, 0.1) is 31.8 Å². The van der Waals surface area contributed by atoms with E-state index in [1.807, 2.05) is 0 Å². The van der Waals surface area contributed by atoms with Crippen LogP contribution in [-0.4, -0.2) is 32.0 Å². The number of rotatable bonds is 8. The van der Waals surface area contributed by atoms with Gasteiger partial charge in [-0.15, -0.1) is 0 Å². The fraction of sp³-hybridized carbons (Fsp3) is 0.192. The second-order valence-corrected chi connectivity index (χ2v) is 7.72. The van der Waals surface area contributed by atoms with E-state index in [2.05, 4.69) is 0 Å². The van der Waals surface area contributed by atoms with Crippen LogP contribution in [0.5, 0.6) is 28.7 Å². The lowest BCUT2D eigenvalue weighted by Crippen LogP contribution is -2.01. The smallest absolute Gasteiger partial charge is 0.269 e. The number of aryl methyl sites for hydroxylation is 1. The second-order valence-electron chi connectivity index (χ2n) is 7.72. The number of hydrogen-bond donors (Lipinski definition) is 0. The zero-order valence-corrected chi connectivity index (χ0v) is 19.6. The minimum atomic E-state index is -0.452. The second kappa shape index (κ2) is 9.76. The SMILES string of the molecule is COc1cc(/C=C2\Oc3cc(OCc4ccc([N+](=O)[O-])cc4)cc(C)c3C2=O)cc(OC)c1OC. The lowest BCUT2D eigenvalue weighted by molar-refractivity contribution is -0.384. The molecule has 1 aliphatic rings. The van der Waals surface area contributed by atoms with Crippen LogP contribution in [0.15, 0.2) is 54.3 Å². The van der Waals surface area contributed by atoms with Crippen molar-refractivity contribution >= 4 is 17.5 Å². The van der Waals surface area contributed by atoms with Crippen LogP contribution in [0.1, 0.15) is 27.0 Å². The molecule has 9 nitrogen and oxygen atoms in total. The number of nitro benzene ring substituents is 1. The maximum Gasteiger partial charge on any atom is 0.269 e. The van der Waals surface area contributed by atoms with Gasteiger partial charge in [-0.2, -0.15) is 0 Å². The average molecular weight is 477 g/mol. The molecule has 0 spiro atoms. The van der Waals surface area contributed by atoms with Crippen LogP contribution in [-0.2, 0) is 6.61 Å². The van der Waals surface area contributed by atoms with Crippen LogP contribution in [0.25, 0.3) is 6.08 Å². The maximum atomic E-state index is 13.1. The first-order valence-electron chi connectivity index (χ1n) is 10.6. The van der Waals surface area contributed by atoms with E-state index in [4.69, 9.17) is 23.7 Å². The molecule has 0 amide bonds. The molecule has 4 rings (SSSR count). The number of ketones is 1. The van der Waals surface area contributed by atoms with Gasteiger partial charge in [-0.3, -0.25) is 14.9 Å². The Kier molecular flexibility index (Phi) is 6.59. The standard InChI is InChI=1S/C26H23NO8/c1-15-9-19(34-14-16-5-7-18(8-6-16)27(29)30)13-20-24(15)25(28)21(35-20)10-17-11-22(31-2)26(33-4)23(12-17)32-3/h5-13H,14H2,1-4H3/b21-10-. The highest BCUT2D eigenvalue weighted by atomic mass is 16.6. The lowest BCUT2D eigenvalue weighted by Gasteiger charge is -2.13. The predicted molar refractivity (Wildman–Crippen MR) is 128 cm³/mol. The zero-order chi connectivity index (χ0) is 25.1. The molecule has 3 aromatic carbocycles. The van der Waals surface area contributed by atoms with Gasteiger partial charge in [0, 0.05) is 18.2 Å². The molecule has 1 heterocycles. The van der Waals surface area contributed by atoms with Gasteiger partial charge in [-0.25, -0.2) is 0 Å². The number of nitrogens with zero attached hydrogens (tertiary/aromatic N) is 1. The van der Waals surface area contributed by atoms with Gasteiger partial charge >= 0.3 is 0 Å². The summed E-state index contributed by atoms with van der Waals surface area (Å²) in [6.45, 7) is 2.01. The summed E-state index contributed by atoms with van der Waals surface area (Å²) in [5.41, 5.74) is 2.60. The normalized spacial score (nSPS) is 13.3. The monoisotopic (exact) mass is 477 g/mol. The van der Waals surface area contributed by atoms with E-state index in [-0.39, 0.29) is 23.8 Å². The summed E-state index contributed by atoms with van der Waals surface area (Å²) in [7, 11) is 4.55. The highest BCUT2D eigenvalue weighted by Gasteiger charge is 2.30. The van der Waals surface area contributed by atoms with Gasteiger partial charge in [0.1, 0.15) is 18.1 Å². The maximum absolute atomic E-state index is 13.1. The summed E-state index contributed by atoms with van der Waals surface area (Å²) in [6, 6.07) is 13.0. The van der Waals surface area contributed by atoms with E-state index in [1.54, 1.807) is 49.4 Å². The summed E-state index contributed by atoms with van der Waals surface area (Å²) >= 11 is 0. The van der Waals surface area contributed by atoms with Gasteiger partial charge in [0.15, 0.2) is 17.3 Å². The third-order valence-corrected chi connectivity index (χ3v) is 5.48. The van der Waals surface area contributed by atoms with Crippen LogP contribution in [0.2, 0.25) is 0 Å². The quantitative estimate of drug-likeness (QED) is 0.250. The van der Waals surface area contributed by atoms with Crippen molar-refractivity contribution in [1.82, 2.24) is 0 Å². The molecule has 9 heteroatoms. The Morgan fingerprint density at radius 1 is 0.971 bits per heavy atom. The molecule has 0 atom stereocenters. The molecule has 0 radical (unpaired) electrons. The largest absolute Gasteiger partial charge is 0.493 e. The molecule has 0 aliphatic carbocycles. The van der Waals surface area contributed by atoms with Crippen molar-refractivity contribution in [2.24, 2.45) is 0 Å². The van der Waals surface area contributed by atoms with Gasteiger partial charge < -0.3 is 23.7 Å². The minimum absolute atomic E-state index is 0.0143. The van der Waals surface area contributed by atoms with Crippen LogP contribution in [0, 0.1) is 17.0 Å². The highest BCUT2D eigenvalue weighted by molar-refractivity contribution is 6.15. The molecular weight excluding hydrogens is 454 g/mol. The number of fused-ring (bicyclic) bond motifs is 1. The number of benzene rings is 3. The van der Waals surface area contributed by atoms with Gasteiger partial charge in [-0.1, -0.05) is 0 Å². The van der Waals surface area contributed by atoms with Crippen molar-refractivity contribution in [3.05, 3.63) is 86.7 Å². The first-order chi connectivity index (χ1) is 16.8. The van der Waals surface area contributed by atoms with Crippen LogP contribution in [0.4, 0.5) is 5.69 Å². The van der Waals surface area contributed by atoms with Crippen LogP contribution >= 0.6 is 0 Å². The molecule has 0 saturated heterocycles. The predicted octanol–water partition coefficient (Wildman–Crippen LogP) is 5.12. The lowest BCUT2D eigenvalue weighted by atomic mass is 10.0. The van der Waals surface area contributed by atoms with Crippen molar-refractivity contribution < 1.29 is 33.4 Å². The Hall–Kier alpha value is -4.53. The van der Waals surface area contributed by atoms with Crippen molar-refractivity contribution in [2.45, 2.75) is 13.5 Å². The molecule has 0 bridgehead atoms. The Labute approximate surface area is 201 Å². The molecule has 0 unspecified atom stereocenters. The summed E-state index contributed by atoms with van der Waals surface area (Å²) in [5, 5.41) is 10.8. The first kappa shape index (κ1) is 23.6. The first-order valence-corrected chi connectivity index (χ1v) is 10.6. The minimum Gasteiger partial charge on any atom is -0.493 e. The Bertz CT molecular complexity index is 1300. The molecular formula is C26H23NO8. The number of carbonyl (C=O) groups excluding carboxylic acids is 1. The number of hydrogen-bond acceptors (Lipinski definition) is 8. The van der Waals surface area contributed by atoms with E-state index in [1.165, 1.54) is 33.5 Å². The number of non-ortho nitro benzene ring substituents is 1. The highest BCUT2D eigenvalue weighted by Crippen LogP contribution is 2.41. The van der Waals surface area contributed by atoms with Crippen molar-refractivity contribution in [2.75, 3.05) is 21.3 Å². The molecule has 0 saturated carbocycles. The molecule has 35 heavy (non-hydrogen) atoms. The summed E-state index contributed by atoms with van der Waals surface area (Å²) in [5.74, 6) is 2.19. The third kappa shape index (κ3) is 4.74. The van der Waals surface area contributed by atoms with Gasteiger partial charge in [-0.05, 0) is 60.0 Å². The molecule has 180 valence electrons. The fourth-order valence-corrected chi connectivity index (χ4v) is 3.78. The van der Waals surface area contributed by atoms with E-state index in [9.17, 15) is 14.9 Å². The molecule has 0 fully saturated rings. The molecule has 0 N–H and O–H groups in total. The number of methoxy groups -OCH3 is 3. The number of carbonyl (C=O) groups is 1. The van der Waals surface area contributed by atoms with E-state index < -0.39 is 4.92 Å². The number of ether oxygens (including phenoxy) is 5. The number of Topliss-reactive ketones (excluding diaryl/α,β-unsaturated/α-hetero) is 1. The van der Waals surface area contributed by atoms with E-state index in [0.29, 0.717) is 45.4 Å². The van der Waals surface area contributed by atoms with Crippen LogP contribution in [0.3, 0.4) is 0 Å². The van der Waals surface area contributed by atoms with Crippen LogP contribution < -0.4 is 23.7 Å². The Morgan fingerprint density at radius 2 is 1.63 bits per heavy atom.